The maximum Gasteiger partial charge on any atom is 0.214 e. The van der Waals surface area contributed by atoms with Crippen LogP contribution in [0.15, 0.2) is 29.4 Å². The number of halogens is 2. The van der Waals surface area contributed by atoms with Gasteiger partial charge in [0.2, 0.25) is 5.95 Å². The molecule has 106 valence electrons. The molecule has 0 aliphatic heterocycles. The van der Waals surface area contributed by atoms with Crippen LogP contribution in [0, 0.1) is 18.7 Å². The first-order valence-corrected chi connectivity index (χ1v) is 6.68. The second-order valence-electron chi connectivity index (χ2n) is 4.33. The smallest absolute Gasteiger partial charge is 0.214 e. The van der Waals surface area contributed by atoms with E-state index in [-0.39, 0.29) is 5.03 Å². The first-order valence-electron chi connectivity index (χ1n) is 5.87. The van der Waals surface area contributed by atoms with Crippen molar-refractivity contribution in [1.29, 1.82) is 0 Å². The molecule has 0 aromatic carbocycles. The van der Waals surface area contributed by atoms with Crippen molar-refractivity contribution in [3.63, 3.8) is 0 Å². The van der Waals surface area contributed by atoms with Gasteiger partial charge in [0.15, 0.2) is 10.8 Å². The van der Waals surface area contributed by atoms with E-state index in [9.17, 15) is 8.78 Å². The lowest BCUT2D eigenvalue weighted by atomic mass is 10.2. The highest BCUT2D eigenvalue weighted by Crippen LogP contribution is 2.27. The normalized spacial score (nSPS) is 10.4. The molecule has 0 aliphatic carbocycles. The van der Waals surface area contributed by atoms with E-state index in [1.54, 1.807) is 24.1 Å². The van der Waals surface area contributed by atoms with E-state index < -0.39 is 11.8 Å². The lowest BCUT2D eigenvalue weighted by Crippen LogP contribution is -2.12. The van der Waals surface area contributed by atoms with E-state index in [2.05, 4.69) is 14.7 Å². The van der Waals surface area contributed by atoms with Crippen LogP contribution in [0.1, 0.15) is 5.56 Å². The van der Waals surface area contributed by atoms with Gasteiger partial charge >= 0.3 is 0 Å². The van der Waals surface area contributed by atoms with Gasteiger partial charge in [-0.15, -0.1) is 0 Å². The zero-order chi connectivity index (χ0) is 14.7. The summed E-state index contributed by atoms with van der Waals surface area (Å²) in [5.74, 6) is -0.682. The first kappa shape index (κ1) is 14.5. The Balaban J connectivity index is 2.16. The molecule has 0 bridgehead atoms. The second-order valence-corrected chi connectivity index (χ2v) is 5.13. The van der Waals surface area contributed by atoms with Crippen LogP contribution in [0.2, 0.25) is 0 Å². The minimum atomic E-state index is -0.594. The van der Waals surface area contributed by atoms with Crippen molar-refractivity contribution in [2.45, 2.75) is 11.9 Å². The third-order valence-corrected chi connectivity index (χ3v) is 3.44. The zero-order valence-corrected chi connectivity index (χ0v) is 12.1. The predicted molar refractivity (Wildman–Crippen MR) is 76.9 cm³/mol. The minimum Gasteiger partial charge on any atom is -0.376 e. The Morgan fingerprint density at radius 3 is 2.65 bits per heavy atom. The molecule has 0 saturated carbocycles. The summed E-state index contributed by atoms with van der Waals surface area (Å²) in [5.41, 5.74) is 1.23. The minimum absolute atomic E-state index is 0.194. The largest absolute Gasteiger partial charge is 0.376 e. The molecule has 2 rings (SSSR count). The van der Waals surface area contributed by atoms with Crippen molar-refractivity contribution in [2.24, 2.45) is 0 Å². The average Bonchev–Trinajstić information content (AvgIpc) is 2.40. The van der Waals surface area contributed by atoms with E-state index in [4.69, 9.17) is 0 Å². The monoisotopic (exact) mass is 296 g/mol. The zero-order valence-electron chi connectivity index (χ0n) is 11.3. The molecule has 0 saturated heterocycles. The first-order chi connectivity index (χ1) is 9.49. The Labute approximate surface area is 120 Å². The Morgan fingerprint density at radius 1 is 1.25 bits per heavy atom. The van der Waals surface area contributed by atoms with Crippen LogP contribution in [0.5, 0.6) is 0 Å². The molecule has 0 aliphatic rings. The fourth-order valence-electron chi connectivity index (χ4n) is 1.63. The third-order valence-electron chi connectivity index (χ3n) is 2.65. The fraction of sp³-hybridized carbons (Fsp3) is 0.231. The van der Waals surface area contributed by atoms with Crippen molar-refractivity contribution in [3.05, 3.63) is 41.7 Å². The van der Waals surface area contributed by atoms with E-state index in [1.807, 2.05) is 14.1 Å². The molecule has 2 heterocycles. The van der Waals surface area contributed by atoms with Crippen LogP contribution in [-0.4, -0.2) is 24.1 Å². The van der Waals surface area contributed by atoms with Gasteiger partial charge in [-0.1, -0.05) is 6.07 Å². The molecule has 0 amide bonds. The number of nitrogens with zero attached hydrogens (tertiary/aromatic N) is 3. The van der Waals surface area contributed by atoms with Crippen LogP contribution in [0.25, 0.3) is 0 Å². The molecular weight excluding hydrogens is 282 g/mol. The van der Waals surface area contributed by atoms with Gasteiger partial charge in [-0.25, -0.2) is 14.4 Å². The Morgan fingerprint density at radius 2 is 2.00 bits per heavy atom. The molecular formula is C13H14F2N4S. The second kappa shape index (κ2) is 6.04. The highest BCUT2D eigenvalue weighted by Gasteiger charge is 2.13. The van der Waals surface area contributed by atoms with Gasteiger partial charge in [-0.05, 0) is 19.1 Å². The highest BCUT2D eigenvalue weighted by atomic mass is 32.2. The van der Waals surface area contributed by atoms with Crippen LogP contribution in [-0.2, 0) is 0 Å². The topological polar surface area (TPSA) is 41.1 Å². The summed E-state index contributed by atoms with van der Waals surface area (Å²) in [6.07, 6.45) is 1.60. The summed E-state index contributed by atoms with van der Waals surface area (Å²) in [6, 6.07) is 4.36. The van der Waals surface area contributed by atoms with Crippen molar-refractivity contribution in [1.82, 2.24) is 9.97 Å². The number of anilines is 2. The van der Waals surface area contributed by atoms with Crippen LogP contribution in [0.3, 0.4) is 0 Å². The molecule has 0 fully saturated rings. The molecule has 0 unspecified atom stereocenters. The van der Waals surface area contributed by atoms with Crippen molar-refractivity contribution in [2.75, 3.05) is 23.7 Å². The molecule has 2 aromatic heterocycles. The van der Waals surface area contributed by atoms with E-state index in [0.717, 1.165) is 17.6 Å². The number of rotatable bonds is 4. The maximum atomic E-state index is 14.2. The summed E-state index contributed by atoms with van der Waals surface area (Å²) < 4.78 is 29.9. The Hall–Kier alpha value is -1.89. The standard InChI is InChI=1S/C13H14F2N4S/c1-8-9(19(2)3)7-16-13(12(8)15)20-18-11-6-4-5-10(14)17-11/h4-7H,1-3H3,(H,17,18). The van der Waals surface area contributed by atoms with Crippen molar-refractivity contribution >= 4 is 23.5 Å². The third kappa shape index (κ3) is 3.16. The van der Waals surface area contributed by atoms with Gasteiger partial charge in [0.25, 0.3) is 0 Å². The molecule has 7 heteroatoms. The van der Waals surface area contributed by atoms with Gasteiger partial charge < -0.3 is 9.62 Å². The molecule has 2 aromatic rings. The van der Waals surface area contributed by atoms with Gasteiger partial charge in [0, 0.05) is 31.6 Å². The van der Waals surface area contributed by atoms with E-state index in [1.165, 1.54) is 12.1 Å². The molecule has 1 N–H and O–H groups in total. The summed E-state index contributed by atoms with van der Waals surface area (Å²) in [6.45, 7) is 1.69. The number of nitrogens with one attached hydrogen (secondary N) is 1. The quantitative estimate of drug-likeness (QED) is 0.693. The van der Waals surface area contributed by atoms with Gasteiger partial charge in [-0.2, -0.15) is 4.39 Å². The Kier molecular flexibility index (Phi) is 4.39. The fourth-order valence-corrected chi connectivity index (χ4v) is 2.30. The number of aromatic nitrogens is 2. The van der Waals surface area contributed by atoms with Gasteiger partial charge in [-0.3, -0.25) is 0 Å². The van der Waals surface area contributed by atoms with E-state index in [0.29, 0.717) is 11.4 Å². The number of hydrogen-bond acceptors (Lipinski definition) is 5. The van der Waals surface area contributed by atoms with E-state index >= 15 is 0 Å². The van der Waals surface area contributed by atoms with Crippen molar-refractivity contribution < 1.29 is 8.78 Å². The van der Waals surface area contributed by atoms with Crippen LogP contribution in [0.4, 0.5) is 20.3 Å². The Bertz CT molecular complexity index is 619. The van der Waals surface area contributed by atoms with Crippen LogP contribution < -0.4 is 9.62 Å². The number of pyridine rings is 2. The molecule has 0 spiro atoms. The molecule has 4 nitrogen and oxygen atoms in total. The average molecular weight is 296 g/mol. The van der Waals surface area contributed by atoms with Gasteiger partial charge in [0.05, 0.1) is 11.9 Å². The number of hydrogen-bond donors (Lipinski definition) is 1. The summed E-state index contributed by atoms with van der Waals surface area (Å²) in [5, 5.41) is 0.194. The summed E-state index contributed by atoms with van der Waals surface area (Å²) >= 11 is 0.960. The predicted octanol–water partition coefficient (Wildman–Crippen LogP) is 3.25. The summed E-state index contributed by atoms with van der Waals surface area (Å²) in [4.78, 5) is 9.48. The lowest BCUT2D eigenvalue weighted by molar-refractivity contribution is 0.578. The molecule has 0 radical (unpaired) electrons. The molecule has 0 atom stereocenters. The lowest BCUT2D eigenvalue weighted by Gasteiger charge is -2.16. The highest BCUT2D eigenvalue weighted by molar-refractivity contribution is 8.00. The SMILES string of the molecule is Cc1c(N(C)C)cnc(SNc2cccc(F)n2)c1F. The molecule has 20 heavy (non-hydrogen) atoms. The van der Waals surface area contributed by atoms with Crippen molar-refractivity contribution in [3.8, 4) is 0 Å². The maximum absolute atomic E-state index is 14.2. The van der Waals surface area contributed by atoms with Crippen LogP contribution >= 0.6 is 11.9 Å². The van der Waals surface area contributed by atoms with Gasteiger partial charge in [0.1, 0.15) is 5.82 Å². The summed E-state index contributed by atoms with van der Waals surface area (Å²) in [7, 11) is 3.65.